The van der Waals surface area contributed by atoms with E-state index in [1.165, 1.54) is 4.31 Å². The molecule has 0 spiro atoms. The maximum Gasteiger partial charge on any atom is 0.246 e. The number of sulfonamides is 1. The van der Waals surface area contributed by atoms with Crippen LogP contribution in [-0.2, 0) is 14.8 Å². The molecule has 1 heterocycles. The summed E-state index contributed by atoms with van der Waals surface area (Å²) in [6.45, 7) is 3.29. The summed E-state index contributed by atoms with van der Waals surface area (Å²) < 4.78 is 25.7. The van der Waals surface area contributed by atoms with Gasteiger partial charge >= 0.3 is 0 Å². The van der Waals surface area contributed by atoms with Gasteiger partial charge in [0, 0.05) is 13.1 Å². The van der Waals surface area contributed by atoms with Gasteiger partial charge in [0.05, 0.1) is 11.9 Å². The van der Waals surface area contributed by atoms with E-state index in [1.807, 2.05) is 13.0 Å². The number of anilines is 1. The fraction of sp³-hybridized carbons (Fsp3) is 0.533. The van der Waals surface area contributed by atoms with Crippen molar-refractivity contribution in [2.75, 3.05) is 23.7 Å². The third-order valence-electron chi connectivity index (χ3n) is 3.74. The van der Waals surface area contributed by atoms with Crippen molar-refractivity contribution in [1.82, 2.24) is 4.90 Å². The number of hydrogen-bond donors (Lipinski definition) is 0. The lowest BCUT2D eigenvalue weighted by molar-refractivity contribution is -0.131. The van der Waals surface area contributed by atoms with Gasteiger partial charge in [0.25, 0.3) is 0 Å². The maximum absolute atomic E-state index is 12.7. The van der Waals surface area contributed by atoms with E-state index >= 15 is 0 Å². The van der Waals surface area contributed by atoms with Gasteiger partial charge in [-0.3, -0.25) is 9.10 Å². The van der Waals surface area contributed by atoms with Gasteiger partial charge < -0.3 is 4.90 Å². The fourth-order valence-electron chi connectivity index (χ4n) is 2.77. The molecule has 1 saturated heterocycles. The quantitative estimate of drug-likeness (QED) is 0.834. The molecule has 1 atom stereocenters. The summed E-state index contributed by atoms with van der Waals surface area (Å²) >= 11 is 0. The van der Waals surface area contributed by atoms with Crippen molar-refractivity contribution in [2.45, 2.75) is 32.2 Å². The molecule has 6 heteroatoms. The first-order valence-electron chi connectivity index (χ1n) is 7.28. The number of likely N-dealkylation sites (tertiary alicyclic amines) is 1. The van der Waals surface area contributed by atoms with Crippen LogP contribution in [0.15, 0.2) is 30.3 Å². The molecule has 5 nitrogen and oxygen atoms in total. The molecule has 0 aliphatic carbocycles. The molecule has 0 N–H and O–H groups in total. The minimum Gasteiger partial charge on any atom is -0.341 e. The topological polar surface area (TPSA) is 57.7 Å². The lowest BCUT2D eigenvalue weighted by atomic mass is 10.1. The second-order valence-corrected chi connectivity index (χ2v) is 7.21. The highest BCUT2D eigenvalue weighted by Gasteiger charge is 2.34. The van der Waals surface area contributed by atoms with E-state index in [9.17, 15) is 13.2 Å². The number of nitrogens with zero attached hydrogens (tertiary/aromatic N) is 2. The number of hydrogen-bond acceptors (Lipinski definition) is 3. The number of carbonyl (C=O) groups is 1. The lowest BCUT2D eigenvalue weighted by Crippen LogP contribution is -2.50. The second-order valence-electron chi connectivity index (χ2n) is 5.35. The van der Waals surface area contributed by atoms with Gasteiger partial charge in [-0.1, -0.05) is 25.1 Å². The normalized spacial score (nSPS) is 16.8. The predicted octanol–water partition coefficient (Wildman–Crippen LogP) is 1.85. The van der Waals surface area contributed by atoms with Crippen LogP contribution in [0.2, 0.25) is 0 Å². The fourth-order valence-corrected chi connectivity index (χ4v) is 3.97. The van der Waals surface area contributed by atoms with Gasteiger partial charge in [0.15, 0.2) is 0 Å². The summed E-state index contributed by atoms with van der Waals surface area (Å²) in [5, 5.41) is 0. The molecule has 1 amide bonds. The van der Waals surface area contributed by atoms with Gasteiger partial charge in [-0.2, -0.15) is 0 Å². The summed E-state index contributed by atoms with van der Waals surface area (Å²) in [7, 11) is -3.52. The smallest absolute Gasteiger partial charge is 0.246 e. The molecule has 0 saturated carbocycles. The molecular formula is C15H22N2O3S. The molecule has 1 aromatic carbocycles. The Balaban J connectivity index is 2.36. The molecular weight excluding hydrogens is 288 g/mol. The number of carbonyl (C=O) groups excluding carboxylic acids is 1. The van der Waals surface area contributed by atoms with Crippen LogP contribution in [0.5, 0.6) is 0 Å². The zero-order valence-electron chi connectivity index (χ0n) is 12.5. The summed E-state index contributed by atoms with van der Waals surface area (Å²) in [5.74, 6) is -0.0933. The van der Waals surface area contributed by atoms with E-state index in [-0.39, 0.29) is 5.91 Å². The average Bonchev–Trinajstić information content (AvgIpc) is 2.97. The van der Waals surface area contributed by atoms with Gasteiger partial charge in [-0.25, -0.2) is 8.42 Å². The largest absolute Gasteiger partial charge is 0.341 e. The number of amides is 1. The first kappa shape index (κ1) is 15.8. The Morgan fingerprint density at radius 1 is 1.24 bits per heavy atom. The highest BCUT2D eigenvalue weighted by molar-refractivity contribution is 7.92. The van der Waals surface area contributed by atoms with Crippen LogP contribution >= 0.6 is 0 Å². The molecule has 1 aliphatic heterocycles. The van der Waals surface area contributed by atoms with Crippen LogP contribution in [0.1, 0.15) is 26.2 Å². The first-order valence-corrected chi connectivity index (χ1v) is 9.13. The number of rotatable bonds is 5. The van der Waals surface area contributed by atoms with Crippen molar-refractivity contribution in [3.63, 3.8) is 0 Å². The van der Waals surface area contributed by atoms with Gasteiger partial charge in [-0.05, 0) is 31.4 Å². The Hall–Kier alpha value is -1.56. The van der Waals surface area contributed by atoms with Crippen LogP contribution in [-0.4, -0.2) is 44.6 Å². The third kappa shape index (κ3) is 3.56. The van der Waals surface area contributed by atoms with Crippen molar-refractivity contribution in [1.29, 1.82) is 0 Å². The number of para-hydroxylation sites is 1. The van der Waals surface area contributed by atoms with Crippen LogP contribution in [0.3, 0.4) is 0 Å². The third-order valence-corrected chi connectivity index (χ3v) is 4.92. The Labute approximate surface area is 126 Å². The zero-order chi connectivity index (χ0) is 15.5. The van der Waals surface area contributed by atoms with Gasteiger partial charge in [0.2, 0.25) is 15.9 Å². The van der Waals surface area contributed by atoms with Crippen molar-refractivity contribution < 1.29 is 13.2 Å². The van der Waals surface area contributed by atoms with Gasteiger partial charge in [0.1, 0.15) is 6.04 Å². The van der Waals surface area contributed by atoms with Crippen molar-refractivity contribution in [2.24, 2.45) is 0 Å². The summed E-state index contributed by atoms with van der Waals surface area (Å²) in [5.41, 5.74) is 0.541. The molecule has 21 heavy (non-hydrogen) atoms. The maximum atomic E-state index is 12.7. The Morgan fingerprint density at radius 2 is 1.81 bits per heavy atom. The summed E-state index contributed by atoms with van der Waals surface area (Å²) in [6.07, 6.45) is 3.59. The number of benzene rings is 1. The molecule has 116 valence electrons. The summed E-state index contributed by atoms with van der Waals surface area (Å²) in [6, 6.07) is 8.16. The van der Waals surface area contributed by atoms with Crippen molar-refractivity contribution >= 4 is 21.6 Å². The standard InChI is InChI=1S/C15H22N2O3S/c1-3-14(15(18)16-11-7-8-12-16)17(21(2,19)20)13-9-5-4-6-10-13/h4-6,9-10,14H,3,7-8,11-12H2,1-2H3. The van der Waals surface area contributed by atoms with E-state index in [2.05, 4.69) is 0 Å². The van der Waals surface area contributed by atoms with Crippen molar-refractivity contribution in [3.05, 3.63) is 30.3 Å². The van der Waals surface area contributed by atoms with E-state index in [0.29, 0.717) is 12.1 Å². The van der Waals surface area contributed by atoms with E-state index in [1.54, 1.807) is 29.2 Å². The molecule has 1 aromatic rings. The van der Waals surface area contributed by atoms with Gasteiger partial charge in [-0.15, -0.1) is 0 Å². The zero-order valence-corrected chi connectivity index (χ0v) is 13.3. The minimum atomic E-state index is -3.52. The van der Waals surface area contributed by atoms with Crippen molar-refractivity contribution in [3.8, 4) is 0 Å². The Kier molecular flexibility index (Phi) is 4.88. The summed E-state index contributed by atoms with van der Waals surface area (Å²) in [4.78, 5) is 14.4. The lowest BCUT2D eigenvalue weighted by Gasteiger charge is -2.32. The highest BCUT2D eigenvalue weighted by atomic mass is 32.2. The average molecular weight is 310 g/mol. The second kappa shape index (κ2) is 6.47. The molecule has 2 rings (SSSR count). The SMILES string of the molecule is CCC(C(=O)N1CCCC1)N(c1ccccc1)S(C)(=O)=O. The molecule has 1 fully saturated rings. The highest BCUT2D eigenvalue weighted by Crippen LogP contribution is 2.24. The predicted molar refractivity (Wildman–Crippen MR) is 83.7 cm³/mol. The molecule has 0 aromatic heterocycles. The first-order chi connectivity index (χ1) is 9.95. The monoisotopic (exact) mass is 310 g/mol. The molecule has 0 bridgehead atoms. The van der Waals surface area contributed by atoms with Crippen LogP contribution in [0, 0.1) is 0 Å². The molecule has 1 aliphatic rings. The van der Waals surface area contributed by atoms with E-state index in [0.717, 1.165) is 32.2 Å². The van der Waals surface area contributed by atoms with E-state index < -0.39 is 16.1 Å². The molecule has 0 radical (unpaired) electrons. The Bertz CT molecular complexity index is 580. The Morgan fingerprint density at radius 3 is 2.29 bits per heavy atom. The minimum absolute atomic E-state index is 0.0933. The van der Waals surface area contributed by atoms with Crippen LogP contribution in [0.4, 0.5) is 5.69 Å². The molecule has 1 unspecified atom stereocenters. The van der Waals surface area contributed by atoms with E-state index in [4.69, 9.17) is 0 Å². The van der Waals surface area contributed by atoms with Crippen LogP contribution < -0.4 is 4.31 Å². The van der Waals surface area contributed by atoms with Crippen LogP contribution in [0.25, 0.3) is 0 Å².